The van der Waals surface area contributed by atoms with Crippen molar-refractivity contribution in [3.63, 3.8) is 0 Å². The molecular formula is C5H5AuN5S. The Labute approximate surface area is 88.3 Å². The van der Waals surface area contributed by atoms with Crippen molar-refractivity contribution in [1.29, 1.82) is 0 Å². The van der Waals surface area contributed by atoms with Crippen LogP contribution in [0.4, 0.5) is 5.95 Å². The van der Waals surface area contributed by atoms with Crippen LogP contribution in [0.25, 0.3) is 11.2 Å². The van der Waals surface area contributed by atoms with E-state index in [1.807, 2.05) is 0 Å². The van der Waals surface area contributed by atoms with Gasteiger partial charge in [0.2, 0.25) is 5.95 Å². The predicted molar refractivity (Wildman–Crippen MR) is 43.5 cm³/mol. The number of nitrogens with two attached hydrogens (primary N) is 1. The maximum Gasteiger partial charge on any atom is 0.200 e. The molecular weight excluding hydrogens is 359 g/mol. The van der Waals surface area contributed by atoms with Crippen LogP contribution >= 0.6 is 12.2 Å². The van der Waals surface area contributed by atoms with Crippen LogP contribution in [0.3, 0.4) is 0 Å². The van der Waals surface area contributed by atoms with Crippen LogP contribution in [0.5, 0.6) is 0 Å². The molecule has 2 rings (SSSR count). The second-order valence-corrected chi connectivity index (χ2v) is 2.44. The summed E-state index contributed by atoms with van der Waals surface area (Å²) in [6, 6.07) is 0. The molecule has 0 fully saturated rings. The monoisotopic (exact) mass is 364 g/mol. The Hall–Kier alpha value is -0.690. The van der Waals surface area contributed by atoms with Gasteiger partial charge >= 0.3 is 0 Å². The van der Waals surface area contributed by atoms with Gasteiger partial charge in [-0.3, -0.25) is 0 Å². The van der Waals surface area contributed by atoms with Crippen LogP contribution in [0, 0.1) is 4.64 Å². The molecule has 4 N–H and O–H groups in total. The minimum Gasteiger partial charge on any atom is -0.369 e. The molecule has 0 saturated heterocycles. The SMILES string of the molecule is Nc1nc(=S)c2[nH]cnc2[nH]1.[Au]. The molecule has 0 spiro atoms. The number of nitrogens with zero attached hydrogens (tertiary/aromatic N) is 2. The summed E-state index contributed by atoms with van der Waals surface area (Å²) in [7, 11) is 0. The zero-order chi connectivity index (χ0) is 7.84. The maximum absolute atomic E-state index is 5.40. The Morgan fingerprint density at radius 3 is 3.00 bits per heavy atom. The Morgan fingerprint density at radius 2 is 2.25 bits per heavy atom. The van der Waals surface area contributed by atoms with E-state index in [-0.39, 0.29) is 28.3 Å². The zero-order valence-electron chi connectivity index (χ0n) is 5.76. The van der Waals surface area contributed by atoms with E-state index in [1.54, 1.807) is 0 Å². The van der Waals surface area contributed by atoms with E-state index in [9.17, 15) is 0 Å². The summed E-state index contributed by atoms with van der Waals surface area (Å²) >= 11 is 4.91. The van der Waals surface area contributed by atoms with Gasteiger partial charge in [-0.05, 0) is 0 Å². The molecule has 5 nitrogen and oxygen atoms in total. The molecule has 2 aromatic rings. The molecule has 0 aliphatic rings. The van der Waals surface area contributed by atoms with Gasteiger partial charge < -0.3 is 15.7 Å². The fraction of sp³-hybridized carbons (Fsp3) is 0. The molecule has 0 unspecified atom stereocenters. The van der Waals surface area contributed by atoms with Crippen molar-refractivity contribution >= 4 is 29.3 Å². The van der Waals surface area contributed by atoms with Crippen molar-refractivity contribution in [3.05, 3.63) is 11.0 Å². The van der Waals surface area contributed by atoms with E-state index in [0.29, 0.717) is 15.8 Å². The topological polar surface area (TPSA) is 83.4 Å². The second-order valence-electron chi connectivity index (χ2n) is 2.05. The standard InChI is InChI=1S/C5H5N5S.Au/c6-5-9-3-2(4(11)10-5)7-1-8-3;/h1H,(H4,6,7,8,9,10,11);. The number of rotatable bonds is 0. The molecule has 0 aromatic carbocycles. The first-order chi connectivity index (χ1) is 5.27. The van der Waals surface area contributed by atoms with E-state index >= 15 is 0 Å². The van der Waals surface area contributed by atoms with Crippen LogP contribution in [0.2, 0.25) is 0 Å². The molecule has 0 aliphatic heterocycles. The van der Waals surface area contributed by atoms with E-state index in [0.717, 1.165) is 0 Å². The summed E-state index contributed by atoms with van der Waals surface area (Å²) in [6.07, 6.45) is 1.54. The van der Waals surface area contributed by atoms with Gasteiger partial charge in [-0.1, -0.05) is 12.2 Å². The number of nitrogens with one attached hydrogen (secondary N) is 2. The number of aromatic nitrogens is 4. The van der Waals surface area contributed by atoms with Crippen LogP contribution < -0.4 is 5.73 Å². The number of hydrogen-bond acceptors (Lipinski definition) is 4. The number of H-pyrrole nitrogens is 2. The number of fused-ring (bicyclic) bond motifs is 1. The van der Waals surface area contributed by atoms with Crippen molar-refractivity contribution < 1.29 is 22.4 Å². The van der Waals surface area contributed by atoms with Gasteiger partial charge in [0.25, 0.3) is 0 Å². The number of hydrogen-bond donors (Lipinski definition) is 3. The molecule has 2 aromatic heterocycles. The van der Waals surface area contributed by atoms with Gasteiger partial charge in [-0.25, -0.2) is 9.97 Å². The smallest absolute Gasteiger partial charge is 0.200 e. The number of aromatic amines is 2. The molecule has 0 saturated carbocycles. The van der Waals surface area contributed by atoms with E-state index in [2.05, 4.69) is 19.9 Å². The average molecular weight is 364 g/mol. The summed E-state index contributed by atoms with van der Waals surface area (Å²) < 4.78 is 0.439. The third-order valence-corrected chi connectivity index (χ3v) is 1.62. The van der Waals surface area contributed by atoms with Gasteiger partial charge in [-0.2, -0.15) is 0 Å². The molecule has 12 heavy (non-hydrogen) atoms. The Morgan fingerprint density at radius 1 is 1.50 bits per heavy atom. The summed E-state index contributed by atoms with van der Waals surface area (Å²) in [6.45, 7) is 0. The first-order valence-corrected chi connectivity index (χ1v) is 3.37. The first-order valence-electron chi connectivity index (χ1n) is 2.96. The molecule has 1 radical (unpaired) electrons. The van der Waals surface area contributed by atoms with Gasteiger partial charge in [0.05, 0.1) is 6.33 Å². The summed E-state index contributed by atoms with van der Waals surface area (Å²) in [5.41, 5.74) is 6.75. The van der Waals surface area contributed by atoms with Gasteiger partial charge in [0.15, 0.2) is 10.3 Å². The fourth-order valence-corrected chi connectivity index (χ4v) is 1.12. The summed E-state index contributed by atoms with van der Waals surface area (Å²) in [5.74, 6) is 0.287. The molecule has 0 bridgehead atoms. The van der Waals surface area contributed by atoms with Crippen molar-refractivity contribution in [1.82, 2.24) is 19.9 Å². The van der Waals surface area contributed by atoms with E-state index < -0.39 is 0 Å². The zero-order valence-corrected chi connectivity index (χ0v) is 8.74. The normalized spacial score (nSPS) is 9.67. The summed E-state index contributed by atoms with van der Waals surface area (Å²) in [5, 5.41) is 0. The average Bonchev–Trinajstić information content (AvgIpc) is 2.34. The maximum atomic E-state index is 5.40. The van der Waals surface area contributed by atoms with Crippen LogP contribution in [-0.4, -0.2) is 19.9 Å². The predicted octanol–water partition coefficient (Wildman–Crippen LogP) is 0.595. The van der Waals surface area contributed by atoms with Crippen LogP contribution in [-0.2, 0) is 22.4 Å². The third-order valence-electron chi connectivity index (χ3n) is 1.32. The fourth-order valence-electron chi connectivity index (χ4n) is 0.867. The molecule has 67 valence electrons. The summed E-state index contributed by atoms with van der Waals surface area (Å²) in [4.78, 5) is 13.4. The van der Waals surface area contributed by atoms with Crippen LogP contribution in [0.15, 0.2) is 6.33 Å². The molecule has 2 heterocycles. The van der Waals surface area contributed by atoms with E-state index in [1.165, 1.54) is 6.33 Å². The van der Waals surface area contributed by atoms with Crippen molar-refractivity contribution in [2.24, 2.45) is 0 Å². The Kier molecular flexibility index (Phi) is 2.63. The number of imidazole rings is 1. The molecule has 0 atom stereocenters. The third kappa shape index (κ3) is 1.42. The molecule has 0 aliphatic carbocycles. The van der Waals surface area contributed by atoms with Gasteiger partial charge in [-0.15, -0.1) is 0 Å². The van der Waals surface area contributed by atoms with Gasteiger partial charge in [0, 0.05) is 22.4 Å². The quantitative estimate of drug-likeness (QED) is 0.472. The largest absolute Gasteiger partial charge is 0.369 e. The Bertz CT molecular complexity index is 446. The second kappa shape index (κ2) is 3.36. The Balaban J connectivity index is 0.000000720. The minimum atomic E-state index is 0. The van der Waals surface area contributed by atoms with Crippen molar-refractivity contribution in [2.45, 2.75) is 0 Å². The first kappa shape index (κ1) is 9.40. The van der Waals surface area contributed by atoms with Crippen molar-refractivity contribution in [2.75, 3.05) is 5.73 Å². The van der Waals surface area contributed by atoms with E-state index in [4.69, 9.17) is 18.0 Å². The molecule has 0 amide bonds. The number of anilines is 1. The molecule has 7 heteroatoms. The number of nitrogen functional groups attached to an aromatic ring is 1. The van der Waals surface area contributed by atoms with Crippen molar-refractivity contribution in [3.8, 4) is 0 Å². The minimum absolute atomic E-state index is 0. The van der Waals surface area contributed by atoms with Crippen LogP contribution in [0.1, 0.15) is 0 Å². The van der Waals surface area contributed by atoms with Gasteiger partial charge in [0.1, 0.15) is 5.52 Å².